The fraction of sp³-hybridized carbons (Fsp3) is 0.600. The Bertz CT molecular complexity index is 371. The molecule has 1 aromatic carbocycles. The fourth-order valence-corrected chi connectivity index (χ4v) is 3.04. The van der Waals surface area contributed by atoms with E-state index in [1.807, 2.05) is 19.2 Å². The van der Waals surface area contributed by atoms with E-state index in [0.717, 1.165) is 26.2 Å². The van der Waals surface area contributed by atoms with Gasteiger partial charge in [0, 0.05) is 19.1 Å². The van der Waals surface area contributed by atoms with Crippen LogP contribution in [0.15, 0.2) is 24.3 Å². The molecule has 106 valence electrons. The molecule has 0 aromatic heterocycles. The summed E-state index contributed by atoms with van der Waals surface area (Å²) >= 11 is 0. The second kappa shape index (κ2) is 6.98. The predicted octanol–water partition coefficient (Wildman–Crippen LogP) is 1.76. The lowest BCUT2D eigenvalue weighted by molar-refractivity contribution is 0.164. The van der Waals surface area contributed by atoms with Crippen LogP contribution < -0.4 is 11.1 Å². The molecule has 1 atom stereocenters. The zero-order chi connectivity index (χ0) is 13.7. The van der Waals surface area contributed by atoms with Crippen LogP contribution in [0.2, 0.25) is 0 Å². The normalized spacial score (nSPS) is 19.5. The highest BCUT2D eigenvalue weighted by molar-refractivity contribution is 5.20. The third-order valence-electron chi connectivity index (χ3n) is 4.09. The summed E-state index contributed by atoms with van der Waals surface area (Å²) < 4.78 is 13.0. The van der Waals surface area contributed by atoms with Crippen molar-refractivity contribution in [2.45, 2.75) is 18.9 Å². The molecule has 19 heavy (non-hydrogen) atoms. The van der Waals surface area contributed by atoms with E-state index in [-0.39, 0.29) is 5.82 Å². The number of nitrogens with two attached hydrogens (primary N) is 1. The molecule has 3 N–H and O–H groups in total. The monoisotopic (exact) mass is 265 g/mol. The van der Waals surface area contributed by atoms with Crippen LogP contribution in [0, 0.1) is 11.7 Å². The van der Waals surface area contributed by atoms with Gasteiger partial charge in [-0.2, -0.15) is 0 Å². The average molecular weight is 265 g/mol. The Labute approximate surface area is 115 Å². The standard InChI is InChI=1S/C15H24FN3/c1-18-15(12-2-4-14(16)5-3-12)13-6-9-19(10-7-13)11-8-17/h2-5,13,15,18H,6-11,17H2,1H3. The van der Waals surface area contributed by atoms with Gasteiger partial charge in [-0.15, -0.1) is 0 Å². The van der Waals surface area contributed by atoms with Crippen LogP contribution in [0.5, 0.6) is 0 Å². The number of hydrogen-bond donors (Lipinski definition) is 2. The Hall–Kier alpha value is -0.970. The van der Waals surface area contributed by atoms with Crippen molar-refractivity contribution in [2.24, 2.45) is 11.7 Å². The minimum absolute atomic E-state index is 0.170. The molecule has 1 fully saturated rings. The highest BCUT2D eigenvalue weighted by Gasteiger charge is 2.26. The summed E-state index contributed by atoms with van der Waals surface area (Å²) in [4.78, 5) is 2.42. The first-order valence-electron chi connectivity index (χ1n) is 7.09. The van der Waals surface area contributed by atoms with Crippen molar-refractivity contribution in [1.29, 1.82) is 0 Å². The Balaban J connectivity index is 1.97. The summed E-state index contributed by atoms with van der Waals surface area (Å²) in [7, 11) is 1.99. The van der Waals surface area contributed by atoms with E-state index in [9.17, 15) is 4.39 Å². The maximum absolute atomic E-state index is 13.0. The van der Waals surface area contributed by atoms with Crippen LogP contribution in [0.1, 0.15) is 24.4 Å². The second-order valence-corrected chi connectivity index (χ2v) is 5.29. The van der Waals surface area contributed by atoms with Gasteiger partial charge < -0.3 is 16.0 Å². The number of nitrogens with one attached hydrogen (secondary N) is 1. The zero-order valence-corrected chi connectivity index (χ0v) is 11.6. The molecule has 2 rings (SSSR count). The first-order valence-corrected chi connectivity index (χ1v) is 7.09. The maximum atomic E-state index is 13.0. The molecule has 0 spiro atoms. The largest absolute Gasteiger partial charge is 0.329 e. The summed E-state index contributed by atoms with van der Waals surface area (Å²) in [5.41, 5.74) is 6.78. The summed E-state index contributed by atoms with van der Waals surface area (Å²) in [6.07, 6.45) is 2.34. The molecule has 4 heteroatoms. The van der Waals surface area contributed by atoms with Gasteiger partial charge in [0.2, 0.25) is 0 Å². The highest BCUT2D eigenvalue weighted by atomic mass is 19.1. The SMILES string of the molecule is CNC(c1ccc(F)cc1)C1CCN(CCN)CC1. The molecule has 0 amide bonds. The minimum Gasteiger partial charge on any atom is -0.329 e. The van der Waals surface area contributed by atoms with Crippen molar-refractivity contribution in [3.05, 3.63) is 35.6 Å². The molecular weight excluding hydrogens is 241 g/mol. The Morgan fingerprint density at radius 1 is 1.32 bits per heavy atom. The lowest BCUT2D eigenvalue weighted by atomic mass is 9.85. The Morgan fingerprint density at radius 2 is 1.95 bits per heavy atom. The molecule has 1 aromatic rings. The molecule has 0 bridgehead atoms. The van der Waals surface area contributed by atoms with Crippen molar-refractivity contribution < 1.29 is 4.39 Å². The molecule has 1 unspecified atom stereocenters. The van der Waals surface area contributed by atoms with Crippen molar-refractivity contribution in [3.63, 3.8) is 0 Å². The molecule has 1 aliphatic heterocycles. The number of hydrogen-bond acceptors (Lipinski definition) is 3. The number of rotatable bonds is 5. The number of piperidine rings is 1. The van der Waals surface area contributed by atoms with E-state index < -0.39 is 0 Å². The number of benzene rings is 1. The van der Waals surface area contributed by atoms with Gasteiger partial charge in [-0.3, -0.25) is 0 Å². The molecule has 1 aliphatic rings. The lowest BCUT2D eigenvalue weighted by Crippen LogP contribution is -2.40. The highest BCUT2D eigenvalue weighted by Crippen LogP contribution is 2.30. The Morgan fingerprint density at radius 3 is 2.47 bits per heavy atom. The molecule has 0 radical (unpaired) electrons. The van der Waals surface area contributed by atoms with Crippen molar-refractivity contribution in [1.82, 2.24) is 10.2 Å². The summed E-state index contributed by atoms with van der Waals surface area (Å²) in [6.45, 7) is 3.95. The lowest BCUT2D eigenvalue weighted by Gasteiger charge is -2.36. The van der Waals surface area contributed by atoms with Crippen LogP contribution in [-0.2, 0) is 0 Å². The van der Waals surface area contributed by atoms with E-state index in [0.29, 0.717) is 12.0 Å². The average Bonchev–Trinajstić information content (AvgIpc) is 2.44. The first-order chi connectivity index (χ1) is 9.24. The third kappa shape index (κ3) is 3.75. The van der Waals surface area contributed by atoms with Crippen LogP contribution >= 0.6 is 0 Å². The minimum atomic E-state index is -0.170. The molecule has 0 saturated carbocycles. The van der Waals surface area contributed by atoms with Crippen molar-refractivity contribution in [2.75, 3.05) is 33.2 Å². The smallest absolute Gasteiger partial charge is 0.123 e. The maximum Gasteiger partial charge on any atom is 0.123 e. The van der Waals surface area contributed by atoms with E-state index >= 15 is 0 Å². The van der Waals surface area contributed by atoms with Gasteiger partial charge in [0.15, 0.2) is 0 Å². The molecule has 3 nitrogen and oxygen atoms in total. The third-order valence-corrected chi connectivity index (χ3v) is 4.09. The fourth-order valence-electron chi connectivity index (χ4n) is 3.04. The predicted molar refractivity (Wildman–Crippen MR) is 76.4 cm³/mol. The van der Waals surface area contributed by atoms with Crippen LogP contribution in [-0.4, -0.2) is 38.1 Å². The topological polar surface area (TPSA) is 41.3 Å². The van der Waals surface area contributed by atoms with E-state index in [1.54, 1.807) is 12.1 Å². The quantitative estimate of drug-likeness (QED) is 0.852. The van der Waals surface area contributed by atoms with E-state index in [2.05, 4.69) is 10.2 Å². The summed E-state index contributed by atoms with van der Waals surface area (Å²) in [5.74, 6) is 0.445. The molecule has 1 saturated heterocycles. The molecular formula is C15H24FN3. The number of halogens is 1. The van der Waals surface area contributed by atoms with Crippen LogP contribution in [0.25, 0.3) is 0 Å². The van der Waals surface area contributed by atoms with Crippen LogP contribution in [0.3, 0.4) is 0 Å². The van der Waals surface area contributed by atoms with Gasteiger partial charge in [-0.1, -0.05) is 12.1 Å². The Kier molecular flexibility index (Phi) is 5.31. The van der Waals surface area contributed by atoms with Gasteiger partial charge in [-0.25, -0.2) is 4.39 Å². The first kappa shape index (κ1) is 14.4. The number of nitrogens with zero attached hydrogens (tertiary/aromatic N) is 1. The summed E-state index contributed by atoms with van der Waals surface area (Å²) in [5, 5.41) is 3.39. The molecule has 1 heterocycles. The van der Waals surface area contributed by atoms with E-state index in [1.165, 1.54) is 18.4 Å². The number of likely N-dealkylation sites (tertiary alicyclic amines) is 1. The van der Waals surface area contributed by atoms with Crippen molar-refractivity contribution >= 4 is 0 Å². The van der Waals surface area contributed by atoms with Gasteiger partial charge in [0.1, 0.15) is 5.82 Å². The van der Waals surface area contributed by atoms with Gasteiger partial charge in [0.05, 0.1) is 0 Å². The van der Waals surface area contributed by atoms with Crippen LogP contribution in [0.4, 0.5) is 4.39 Å². The zero-order valence-electron chi connectivity index (χ0n) is 11.6. The van der Waals surface area contributed by atoms with Gasteiger partial charge in [-0.05, 0) is 56.6 Å². The van der Waals surface area contributed by atoms with Crippen molar-refractivity contribution in [3.8, 4) is 0 Å². The van der Waals surface area contributed by atoms with E-state index in [4.69, 9.17) is 5.73 Å². The summed E-state index contributed by atoms with van der Waals surface area (Å²) in [6, 6.07) is 7.19. The van der Waals surface area contributed by atoms with Gasteiger partial charge >= 0.3 is 0 Å². The molecule has 0 aliphatic carbocycles. The second-order valence-electron chi connectivity index (χ2n) is 5.29. The van der Waals surface area contributed by atoms with Gasteiger partial charge in [0.25, 0.3) is 0 Å².